The molecule has 0 saturated carbocycles. The molecule has 4 aromatic rings. The van der Waals surface area contributed by atoms with Gasteiger partial charge in [-0.15, -0.1) is 0 Å². The fourth-order valence-electron chi connectivity index (χ4n) is 3.81. The van der Waals surface area contributed by atoms with Crippen molar-refractivity contribution in [3.05, 3.63) is 118 Å². The van der Waals surface area contributed by atoms with E-state index in [1.54, 1.807) is 6.07 Å². The van der Waals surface area contributed by atoms with E-state index in [-0.39, 0.29) is 5.63 Å². The van der Waals surface area contributed by atoms with E-state index < -0.39 is 5.60 Å². The van der Waals surface area contributed by atoms with Gasteiger partial charge in [-0.1, -0.05) is 72.8 Å². The molecule has 1 atom stereocenters. The van der Waals surface area contributed by atoms with Crippen LogP contribution >= 0.6 is 0 Å². The second-order valence-corrected chi connectivity index (χ2v) is 7.09. The lowest BCUT2D eigenvalue weighted by Gasteiger charge is -2.34. The van der Waals surface area contributed by atoms with Crippen LogP contribution in [0.5, 0.6) is 5.75 Å². The first kappa shape index (κ1) is 16.6. The third-order valence-electron chi connectivity index (χ3n) is 5.20. The smallest absolute Gasteiger partial charge is 0.348 e. The maximum absolute atomic E-state index is 12.9. The summed E-state index contributed by atoms with van der Waals surface area (Å²) < 4.78 is 12.1. The van der Waals surface area contributed by atoms with Gasteiger partial charge in [-0.25, -0.2) is 4.79 Å². The Kier molecular flexibility index (Phi) is 3.69. The number of hydrogen-bond acceptors (Lipinski definition) is 3. The van der Waals surface area contributed by atoms with E-state index in [2.05, 4.69) is 0 Å². The minimum absolute atomic E-state index is 0.390. The Hall–Kier alpha value is -3.59. The molecule has 0 aliphatic carbocycles. The number of rotatable bonds is 2. The largest absolute Gasteiger partial charge is 0.477 e. The van der Waals surface area contributed by atoms with E-state index >= 15 is 0 Å². The van der Waals surface area contributed by atoms with Gasteiger partial charge in [-0.3, -0.25) is 0 Å². The summed E-state index contributed by atoms with van der Waals surface area (Å²) >= 11 is 0. The summed E-state index contributed by atoms with van der Waals surface area (Å²) in [6.45, 7) is 2.03. The highest BCUT2D eigenvalue weighted by Gasteiger charge is 2.36. The van der Waals surface area contributed by atoms with E-state index in [9.17, 15) is 4.79 Å². The van der Waals surface area contributed by atoms with Crippen LogP contribution in [0.4, 0.5) is 0 Å². The topological polar surface area (TPSA) is 39.4 Å². The van der Waals surface area contributed by atoms with Crippen LogP contribution in [0.3, 0.4) is 0 Å². The van der Waals surface area contributed by atoms with Gasteiger partial charge in [0.2, 0.25) is 0 Å². The van der Waals surface area contributed by atoms with Gasteiger partial charge in [0, 0.05) is 5.57 Å². The maximum Gasteiger partial charge on any atom is 0.348 e. The van der Waals surface area contributed by atoms with E-state index in [0.717, 1.165) is 22.1 Å². The molecular weight excluding hydrogens is 348 g/mol. The van der Waals surface area contributed by atoms with Gasteiger partial charge in [-0.05, 0) is 36.3 Å². The van der Waals surface area contributed by atoms with Gasteiger partial charge in [0.15, 0.2) is 5.60 Å². The molecule has 28 heavy (non-hydrogen) atoms. The van der Waals surface area contributed by atoms with Gasteiger partial charge in [-0.2, -0.15) is 0 Å². The van der Waals surface area contributed by atoms with E-state index in [4.69, 9.17) is 9.15 Å². The average molecular weight is 366 g/mol. The normalized spacial score (nSPS) is 18.2. The predicted molar refractivity (Wildman–Crippen MR) is 110 cm³/mol. The van der Waals surface area contributed by atoms with Crippen molar-refractivity contribution in [2.45, 2.75) is 12.5 Å². The number of fused-ring (bicyclic) bond motifs is 3. The number of hydrogen-bond donors (Lipinski definition) is 0. The monoisotopic (exact) mass is 366 g/mol. The van der Waals surface area contributed by atoms with E-state index in [1.165, 1.54) is 0 Å². The molecule has 0 saturated heterocycles. The van der Waals surface area contributed by atoms with Crippen molar-refractivity contribution < 1.29 is 9.15 Å². The van der Waals surface area contributed by atoms with Crippen LogP contribution in [-0.2, 0) is 5.60 Å². The van der Waals surface area contributed by atoms with Gasteiger partial charge >= 0.3 is 5.63 Å². The van der Waals surface area contributed by atoms with Crippen LogP contribution < -0.4 is 10.4 Å². The van der Waals surface area contributed by atoms with Crippen LogP contribution in [0.15, 0.2) is 100 Å². The predicted octanol–water partition coefficient (Wildman–Crippen LogP) is 5.53. The molecule has 0 N–H and O–H groups in total. The molecule has 0 amide bonds. The third-order valence-corrected chi connectivity index (χ3v) is 5.20. The molecule has 0 bridgehead atoms. The second kappa shape index (κ2) is 6.24. The Morgan fingerprint density at radius 3 is 2.18 bits per heavy atom. The van der Waals surface area contributed by atoms with Gasteiger partial charge in [0.25, 0.3) is 0 Å². The van der Waals surface area contributed by atoms with E-state index in [0.29, 0.717) is 16.9 Å². The summed E-state index contributed by atoms with van der Waals surface area (Å²) in [6.07, 6.45) is 2.02. The molecule has 3 aromatic carbocycles. The molecule has 5 rings (SSSR count). The summed E-state index contributed by atoms with van der Waals surface area (Å²) in [7, 11) is 0. The standard InChI is InChI=1S/C25H18O3/c1-25(18-12-6-3-7-13-18)16-20(17-10-4-2-5-11-17)22-23(28-25)19-14-8-9-15-21(19)27-24(22)26/h2-16H,1H3/t25-/m1/s1. The van der Waals surface area contributed by atoms with Crippen molar-refractivity contribution >= 4 is 16.5 Å². The van der Waals surface area contributed by atoms with Crippen LogP contribution in [0.25, 0.3) is 16.5 Å². The lowest BCUT2D eigenvalue weighted by molar-refractivity contribution is 0.138. The minimum Gasteiger partial charge on any atom is -0.477 e. The Morgan fingerprint density at radius 2 is 1.43 bits per heavy atom. The highest BCUT2D eigenvalue weighted by atomic mass is 16.5. The molecule has 136 valence electrons. The van der Waals surface area contributed by atoms with Gasteiger partial charge in [0.05, 0.1) is 5.39 Å². The number of para-hydroxylation sites is 1. The van der Waals surface area contributed by atoms with Crippen molar-refractivity contribution in [1.29, 1.82) is 0 Å². The third kappa shape index (κ3) is 2.55. The molecule has 3 heteroatoms. The van der Waals surface area contributed by atoms with Crippen molar-refractivity contribution in [1.82, 2.24) is 0 Å². The number of ether oxygens (including phenoxy) is 1. The van der Waals surface area contributed by atoms with Crippen molar-refractivity contribution in [2.75, 3.05) is 0 Å². The van der Waals surface area contributed by atoms with Gasteiger partial charge < -0.3 is 9.15 Å². The summed E-state index contributed by atoms with van der Waals surface area (Å²) in [4.78, 5) is 12.9. The Balaban J connectivity index is 1.86. The Morgan fingerprint density at radius 1 is 0.786 bits per heavy atom. The Bertz CT molecular complexity index is 1250. The fraction of sp³-hybridized carbons (Fsp3) is 0.0800. The first-order chi connectivity index (χ1) is 13.7. The fourth-order valence-corrected chi connectivity index (χ4v) is 3.81. The van der Waals surface area contributed by atoms with Crippen LogP contribution in [0.2, 0.25) is 0 Å². The second-order valence-electron chi connectivity index (χ2n) is 7.09. The Labute approximate surface area is 162 Å². The van der Waals surface area contributed by atoms with Crippen LogP contribution in [-0.4, -0.2) is 0 Å². The summed E-state index contributed by atoms with van der Waals surface area (Å²) in [5.74, 6) is 0.569. The zero-order valence-electron chi connectivity index (χ0n) is 15.4. The molecule has 0 fully saturated rings. The summed E-state index contributed by atoms with van der Waals surface area (Å²) in [6, 6.07) is 27.4. The SMILES string of the molecule is C[C@]1(c2ccccc2)C=C(c2ccccc2)c2c(c3ccccc3oc2=O)O1. The number of benzene rings is 3. The van der Waals surface area contributed by atoms with E-state index in [1.807, 2.05) is 91.9 Å². The van der Waals surface area contributed by atoms with Crippen LogP contribution in [0, 0.1) is 0 Å². The molecule has 1 aromatic heterocycles. The molecular formula is C25H18O3. The lowest BCUT2D eigenvalue weighted by atomic mass is 9.85. The highest BCUT2D eigenvalue weighted by Crippen LogP contribution is 2.45. The molecule has 0 spiro atoms. The molecule has 1 aliphatic rings. The zero-order valence-corrected chi connectivity index (χ0v) is 15.4. The quantitative estimate of drug-likeness (QED) is 0.438. The maximum atomic E-state index is 12.9. The van der Waals surface area contributed by atoms with Crippen molar-refractivity contribution in [2.24, 2.45) is 0 Å². The summed E-state index contributed by atoms with van der Waals surface area (Å²) in [5.41, 5.74) is 2.69. The van der Waals surface area contributed by atoms with Crippen molar-refractivity contribution in [3.8, 4) is 5.75 Å². The molecule has 1 aliphatic heterocycles. The average Bonchev–Trinajstić information content (AvgIpc) is 2.74. The molecule has 0 radical (unpaired) electrons. The highest BCUT2D eigenvalue weighted by molar-refractivity contribution is 5.94. The first-order valence-corrected chi connectivity index (χ1v) is 9.25. The van der Waals surface area contributed by atoms with Crippen molar-refractivity contribution in [3.63, 3.8) is 0 Å². The first-order valence-electron chi connectivity index (χ1n) is 9.25. The lowest BCUT2D eigenvalue weighted by Crippen LogP contribution is -2.32. The van der Waals surface area contributed by atoms with Gasteiger partial charge in [0.1, 0.15) is 16.9 Å². The summed E-state index contributed by atoms with van der Waals surface area (Å²) in [5, 5.41) is 0.792. The molecule has 2 heterocycles. The minimum atomic E-state index is -0.712. The molecule has 0 unspecified atom stereocenters. The van der Waals surface area contributed by atoms with Crippen LogP contribution in [0.1, 0.15) is 23.6 Å². The zero-order chi connectivity index (χ0) is 19.1. The molecule has 3 nitrogen and oxygen atoms in total.